The minimum Gasteiger partial charge on any atom is -0.501 e. The highest BCUT2D eigenvalue weighted by molar-refractivity contribution is 5.87. The van der Waals surface area contributed by atoms with E-state index < -0.39 is 12.1 Å². The van der Waals surface area contributed by atoms with Gasteiger partial charge < -0.3 is 14.6 Å². The largest absolute Gasteiger partial charge is 0.501 e. The first-order chi connectivity index (χ1) is 9.57. The fourth-order valence-electron chi connectivity index (χ4n) is 1.68. The van der Waals surface area contributed by atoms with Crippen molar-refractivity contribution in [3.8, 4) is 0 Å². The van der Waals surface area contributed by atoms with Crippen LogP contribution in [-0.4, -0.2) is 30.4 Å². The van der Waals surface area contributed by atoms with Crippen LogP contribution in [0, 0.1) is 0 Å². The monoisotopic (exact) mass is 286 g/mol. The summed E-state index contributed by atoms with van der Waals surface area (Å²) < 4.78 is 10.2. The molecule has 1 atom stereocenters. The van der Waals surface area contributed by atoms with Crippen molar-refractivity contribution < 1.29 is 19.4 Å². The van der Waals surface area contributed by atoms with Crippen LogP contribution in [0.5, 0.6) is 0 Å². The summed E-state index contributed by atoms with van der Waals surface area (Å²) in [4.78, 5) is 11.4. The molecule has 0 aromatic heterocycles. The van der Waals surface area contributed by atoms with E-state index in [1.54, 1.807) is 13.8 Å². The number of hydrogen-bond donors (Lipinski definition) is 1. The fourth-order valence-corrected chi connectivity index (χ4v) is 1.68. The minimum absolute atomic E-state index is 0.0156. The SMILES string of the molecule is CCCCCCCCCO/C=C(\C)C(=O)OCC(C)O. The van der Waals surface area contributed by atoms with Crippen molar-refractivity contribution in [2.24, 2.45) is 0 Å². The highest BCUT2D eigenvalue weighted by Crippen LogP contribution is 2.07. The molecule has 0 saturated carbocycles. The fraction of sp³-hybridized carbons (Fsp3) is 0.812. The molecule has 0 saturated heterocycles. The molecule has 1 N–H and O–H groups in total. The van der Waals surface area contributed by atoms with E-state index in [-0.39, 0.29) is 6.61 Å². The lowest BCUT2D eigenvalue weighted by atomic mass is 10.1. The second-order valence-electron chi connectivity index (χ2n) is 5.24. The van der Waals surface area contributed by atoms with Crippen molar-refractivity contribution in [2.45, 2.75) is 71.8 Å². The Morgan fingerprint density at radius 1 is 1.15 bits per heavy atom. The van der Waals surface area contributed by atoms with Crippen LogP contribution in [-0.2, 0) is 14.3 Å². The number of carbonyl (C=O) groups is 1. The van der Waals surface area contributed by atoms with Gasteiger partial charge in [0.1, 0.15) is 6.61 Å². The quantitative estimate of drug-likeness (QED) is 0.258. The van der Waals surface area contributed by atoms with E-state index in [4.69, 9.17) is 14.6 Å². The van der Waals surface area contributed by atoms with Crippen LogP contribution in [0.1, 0.15) is 65.7 Å². The minimum atomic E-state index is -0.639. The first kappa shape index (κ1) is 19.0. The van der Waals surface area contributed by atoms with Crippen molar-refractivity contribution in [3.05, 3.63) is 11.8 Å². The van der Waals surface area contributed by atoms with E-state index in [2.05, 4.69) is 6.92 Å². The molecule has 118 valence electrons. The van der Waals surface area contributed by atoms with Crippen LogP contribution in [0.2, 0.25) is 0 Å². The first-order valence-electron chi connectivity index (χ1n) is 7.71. The molecule has 0 bridgehead atoms. The van der Waals surface area contributed by atoms with Crippen molar-refractivity contribution in [1.82, 2.24) is 0 Å². The van der Waals surface area contributed by atoms with E-state index in [1.165, 1.54) is 44.8 Å². The van der Waals surface area contributed by atoms with Crippen molar-refractivity contribution in [2.75, 3.05) is 13.2 Å². The summed E-state index contributed by atoms with van der Waals surface area (Å²) in [6.45, 7) is 6.09. The smallest absolute Gasteiger partial charge is 0.336 e. The van der Waals surface area contributed by atoms with Gasteiger partial charge in [-0.15, -0.1) is 0 Å². The predicted molar refractivity (Wildman–Crippen MR) is 80.3 cm³/mol. The molecular formula is C16H30O4. The van der Waals surface area contributed by atoms with E-state index in [0.29, 0.717) is 12.2 Å². The van der Waals surface area contributed by atoms with Crippen molar-refractivity contribution in [1.29, 1.82) is 0 Å². The van der Waals surface area contributed by atoms with Gasteiger partial charge in [0.05, 0.1) is 24.5 Å². The Morgan fingerprint density at radius 2 is 1.75 bits per heavy atom. The van der Waals surface area contributed by atoms with Gasteiger partial charge in [-0.2, -0.15) is 0 Å². The third-order valence-electron chi connectivity index (χ3n) is 2.90. The van der Waals surface area contributed by atoms with Crippen LogP contribution >= 0.6 is 0 Å². The highest BCUT2D eigenvalue weighted by Gasteiger charge is 2.07. The van der Waals surface area contributed by atoms with Gasteiger partial charge in [-0.3, -0.25) is 0 Å². The van der Waals surface area contributed by atoms with Crippen LogP contribution in [0.3, 0.4) is 0 Å². The van der Waals surface area contributed by atoms with Gasteiger partial charge in [0.25, 0.3) is 0 Å². The number of rotatable bonds is 12. The van der Waals surface area contributed by atoms with Crippen molar-refractivity contribution in [3.63, 3.8) is 0 Å². The zero-order valence-electron chi connectivity index (χ0n) is 13.2. The number of ether oxygens (including phenoxy) is 2. The zero-order valence-corrected chi connectivity index (χ0v) is 13.2. The Bertz CT molecular complexity index is 272. The van der Waals surface area contributed by atoms with E-state index >= 15 is 0 Å². The lowest BCUT2D eigenvalue weighted by Crippen LogP contribution is -2.15. The third-order valence-corrected chi connectivity index (χ3v) is 2.90. The van der Waals surface area contributed by atoms with E-state index in [9.17, 15) is 4.79 Å². The number of carbonyl (C=O) groups excluding carboxylic acids is 1. The topological polar surface area (TPSA) is 55.8 Å². The van der Waals surface area contributed by atoms with Gasteiger partial charge in [-0.25, -0.2) is 4.79 Å². The average molecular weight is 286 g/mol. The van der Waals surface area contributed by atoms with Gasteiger partial charge in [0.2, 0.25) is 0 Å². The van der Waals surface area contributed by atoms with Gasteiger partial charge in [0, 0.05) is 0 Å². The molecule has 0 rings (SSSR count). The zero-order chi connectivity index (χ0) is 15.2. The summed E-state index contributed by atoms with van der Waals surface area (Å²) in [6, 6.07) is 0. The number of hydrogen-bond acceptors (Lipinski definition) is 4. The van der Waals surface area contributed by atoms with Crippen LogP contribution < -0.4 is 0 Å². The maximum atomic E-state index is 11.4. The summed E-state index contributed by atoms with van der Waals surface area (Å²) in [6.07, 6.45) is 9.47. The molecule has 0 aromatic rings. The summed E-state index contributed by atoms with van der Waals surface area (Å²) in [5, 5.41) is 9.01. The number of aliphatic hydroxyl groups excluding tert-OH is 1. The second kappa shape index (κ2) is 13.0. The van der Waals surface area contributed by atoms with Crippen LogP contribution in [0.25, 0.3) is 0 Å². The average Bonchev–Trinajstić information content (AvgIpc) is 2.42. The Morgan fingerprint density at radius 3 is 2.35 bits per heavy atom. The molecule has 4 heteroatoms. The molecule has 0 amide bonds. The molecular weight excluding hydrogens is 256 g/mol. The molecule has 0 radical (unpaired) electrons. The molecule has 0 aliphatic heterocycles. The summed E-state index contributed by atoms with van der Waals surface area (Å²) in [5.74, 6) is -0.439. The Hall–Kier alpha value is -1.03. The summed E-state index contributed by atoms with van der Waals surface area (Å²) >= 11 is 0. The van der Waals surface area contributed by atoms with Gasteiger partial charge in [-0.05, 0) is 20.3 Å². The Balaban J connectivity index is 3.51. The standard InChI is InChI=1S/C16H30O4/c1-4-5-6-7-8-9-10-11-19-12-14(2)16(18)20-13-15(3)17/h12,15,17H,4-11,13H2,1-3H3/b14-12+. The second-order valence-corrected chi connectivity index (χ2v) is 5.24. The lowest BCUT2D eigenvalue weighted by Gasteiger charge is -2.07. The molecule has 0 aliphatic rings. The highest BCUT2D eigenvalue weighted by atomic mass is 16.5. The van der Waals surface area contributed by atoms with E-state index in [0.717, 1.165) is 6.42 Å². The first-order valence-corrected chi connectivity index (χ1v) is 7.71. The maximum absolute atomic E-state index is 11.4. The normalized spacial score (nSPS) is 13.1. The summed E-state index contributed by atoms with van der Waals surface area (Å²) in [5.41, 5.74) is 0.425. The number of aliphatic hydroxyl groups is 1. The van der Waals surface area contributed by atoms with Gasteiger partial charge in [-0.1, -0.05) is 45.4 Å². The molecule has 1 unspecified atom stereocenters. The van der Waals surface area contributed by atoms with Crippen LogP contribution in [0.4, 0.5) is 0 Å². The number of unbranched alkanes of at least 4 members (excludes halogenated alkanes) is 6. The third kappa shape index (κ3) is 12.0. The van der Waals surface area contributed by atoms with Crippen molar-refractivity contribution >= 4 is 5.97 Å². The molecule has 0 aromatic carbocycles. The predicted octanol–water partition coefficient (Wildman–Crippen LogP) is 3.58. The maximum Gasteiger partial charge on any atom is 0.336 e. The Labute approximate surface area is 123 Å². The molecule has 0 aliphatic carbocycles. The molecule has 0 spiro atoms. The Kier molecular flexibility index (Phi) is 12.3. The van der Waals surface area contributed by atoms with E-state index in [1.807, 2.05) is 0 Å². The lowest BCUT2D eigenvalue weighted by molar-refractivity contribution is -0.141. The van der Waals surface area contributed by atoms with Gasteiger partial charge in [0.15, 0.2) is 0 Å². The molecule has 0 fully saturated rings. The molecule has 0 heterocycles. The van der Waals surface area contributed by atoms with Gasteiger partial charge >= 0.3 is 5.97 Å². The molecule has 4 nitrogen and oxygen atoms in total. The number of esters is 1. The summed E-state index contributed by atoms with van der Waals surface area (Å²) in [7, 11) is 0. The van der Waals surface area contributed by atoms with Crippen LogP contribution in [0.15, 0.2) is 11.8 Å². The molecule has 20 heavy (non-hydrogen) atoms.